The standard InChI is InChI=1S/C8H17N.H2S/c1-3-8-5-4-6-9(2)7-8;/h8H,3-7H2,1-2H3;1H2/t8-;/m0./s1. The Labute approximate surface area is 71.2 Å². The van der Waals surface area contributed by atoms with Crippen molar-refractivity contribution in [2.24, 2.45) is 5.92 Å². The van der Waals surface area contributed by atoms with E-state index in [4.69, 9.17) is 0 Å². The number of hydrogen-bond acceptors (Lipinski definition) is 1. The normalized spacial score (nSPS) is 27.6. The molecule has 0 aromatic rings. The molecule has 1 aliphatic rings. The maximum atomic E-state index is 2.44. The summed E-state index contributed by atoms with van der Waals surface area (Å²) < 4.78 is 0. The molecule has 1 heterocycles. The van der Waals surface area contributed by atoms with Gasteiger partial charge in [0.2, 0.25) is 0 Å². The molecule has 0 spiro atoms. The molecule has 1 atom stereocenters. The van der Waals surface area contributed by atoms with Gasteiger partial charge in [0.25, 0.3) is 0 Å². The molecule has 0 aromatic heterocycles. The van der Waals surface area contributed by atoms with E-state index in [2.05, 4.69) is 18.9 Å². The first-order valence-electron chi connectivity index (χ1n) is 4.01. The summed E-state index contributed by atoms with van der Waals surface area (Å²) in [6, 6.07) is 0. The summed E-state index contributed by atoms with van der Waals surface area (Å²) in [6.45, 7) is 4.94. The molecule has 0 aromatic carbocycles. The van der Waals surface area contributed by atoms with Gasteiger partial charge in [-0.3, -0.25) is 0 Å². The van der Waals surface area contributed by atoms with Crippen molar-refractivity contribution >= 4 is 13.5 Å². The van der Waals surface area contributed by atoms with Crippen LogP contribution in [0.5, 0.6) is 0 Å². The van der Waals surface area contributed by atoms with Crippen molar-refractivity contribution in [1.82, 2.24) is 4.90 Å². The zero-order valence-electron chi connectivity index (χ0n) is 7.06. The first kappa shape index (κ1) is 10.3. The number of likely N-dealkylation sites (tertiary alicyclic amines) is 1. The van der Waals surface area contributed by atoms with Gasteiger partial charge in [0.1, 0.15) is 0 Å². The van der Waals surface area contributed by atoms with Crippen molar-refractivity contribution in [2.45, 2.75) is 26.2 Å². The Balaban J connectivity index is 0.000000810. The van der Waals surface area contributed by atoms with Crippen LogP contribution in [0, 0.1) is 5.92 Å². The molecule has 0 N–H and O–H groups in total. The van der Waals surface area contributed by atoms with Gasteiger partial charge < -0.3 is 4.90 Å². The SMILES string of the molecule is CC[C@H]1CCCN(C)C1.S. The van der Waals surface area contributed by atoms with Gasteiger partial charge in [-0.1, -0.05) is 13.3 Å². The second-order valence-electron chi connectivity index (χ2n) is 3.18. The molecule has 2 heteroatoms. The van der Waals surface area contributed by atoms with Crippen molar-refractivity contribution in [3.63, 3.8) is 0 Å². The van der Waals surface area contributed by atoms with Crippen molar-refractivity contribution in [3.8, 4) is 0 Å². The molecular weight excluding hydrogens is 142 g/mol. The molecule has 62 valence electrons. The van der Waals surface area contributed by atoms with Crippen LogP contribution in [-0.2, 0) is 0 Å². The Kier molecular flexibility index (Phi) is 5.18. The first-order chi connectivity index (χ1) is 4.33. The third-order valence-corrected chi connectivity index (χ3v) is 2.30. The zero-order valence-corrected chi connectivity index (χ0v) is 8.06. The van der Waals surface area contributed by atoms with Crippen LogP contribution < -0.4 is 0 Å². The zero-order chi connectivity index (χ0) is 6.69. The molecule has 0 bridgehead atoms. The van der Waals surface area contributed by atoms with E-state index in [1.54, 1.807) is 0 Å². The monoisotopic (exact) mass is 161 g/mol. The Morgan fingerprint density at radius 1 is 1.50 bits per heavy atom. The molecule has 1 rings (SSSR count). The van der Waals surface area contributed by atoms with Gasteiger partial charge in [-0.25, -0.2) is 0 Å². The van der Waals surface area contributed by atoms with E-state index in [-0.39, 0.29) is 13.5 Å². The fourth-order valence-corrected chi connectivity index (χ4v) is 1.61. The van der Waals surface area contributed by atoms with E-state index >= 15 is 0 Å². The van der Waals surface area contributed by atoms with Crippen LogP contribution in [0.25, 0.3) is 0 Å². The summed E-state index contributed by atoms with van der Waals surface area (Å²) >= 11 is 0. The minimum atomic E-state index is 0. The third-order valence-electron chi connectivity index (χ3n) is 2.30. The summed E-state index contributed by atoms with van der Waals surface area (Å²) in [4.78, 5) is 2.44. The van der Waals surface area contributed by atoms with Crippen molar-refractivity contribution in [1.29, 1.82) is 0 Å². The Hall–Kier alpha value is 0.310. The van der Waals surface area contributed by atoms with Gasteiger partial charge in [-0.15, -0.1) is 0 Å². The van der Waals surface area contributed by atoms with Crippen molar-refractivity contribution < 1.29 is 0 Å². The van der Waals surface area contributed by atoms with E-state index in [1.807, 2.05) is 0 Å². The van der Waals surface area contributed by atoms with Gasteiger partial charge in [0, 0.05) is 6.54 Å². The maximum Gasteiger partial charge on any atom is 0.000651 e. The van der Waals surface area contributed by atoms with Gasteiger partial charge in [-0.2, -0.15) is 13.5 Å². The van der Waals surface area contributed by atoms with Gasteiger partial charge in [0.05, 0.1) is 0 Å². The second kappa shape index (κ2) is 5.03. The van der Waals surface area contributed by atoms with Gasteiger partial charge >= 0.3 is 0 Å². The number of nitrogens with zero attached hydrogens (tertiary/aromatic N) is 1. The second-order valence-corrected chi connectivity index (χ2v) is 3.18. The Bertz CT molecular complexity index is 85.3. The lowest BCUT2D eigenvalue weighted by molar-refractivity contribution is 0.206. The van der Waals surface area contributed by atoms with Gasteiger partial charge in [-0.05, 0) is 32.4 Å². The summed E-state index contributed by atoms with van der Waals surface area (Å²) in [5.74, 6) is 0.990. The number of piperidine rings is 1. The van der Waals surface area contributed by atoms with E-state index in [1.165, 1.54) is 32.4 Å². The quantitative estimate of drug-likeness (QED) is 0.567. The first-order valence-corrected chi connectivity index (χ1v) is 4.01. The lowest BCUT2D eigenvalue weighted by atomic mass is 9.96. The summed E-state index contributed by atoms with van der Waals surface area (Å²) in [5, 5.41) is 0. The van der Waals surface area contributed by atoms with Crippen molar-refractivity contribution in [2.75, 3.05) is 20.1 Å². The highest BCUT2D eigenvalue weighted by molar-refractivity contribution is 7.59. The molecule has 0 saturated carbocycles. The Morgan fingerprint density at radius 2 is 2.20 bits per heavy atom. The molecule has 0 radical (unpaired) electrons. The molecule has 1 saturated heterocycles. The predicted molar refractivity (Wildman–Crippen MR) is 50.9 cm³/mol. The minimum absolute atomic E-state index is 0. The molecule has 1 fully saturated rings. The van der Waals surface area contributed by atoms with Crippen LogP contribution in [0.2, 0.25) is 0 Å². The Morgan fingerprint density at radius 3 is 2.60 bits per heavy atom. The lowest BCUT2D eigenvalue weighted by Gasteiger charge is -2.28. The number of hydrogen-bond donors (Lipinski definition) is 0. The maximum absolute atomic E-state index is 2.44. The van der Waals surface area contributed by atoms with Gasteiger partial charge in [0.15, 0.2) is 0 Å². The summed E-state index contributed by atoms with van der Waals surface area (Å²) in [6.07, 6.45) is 4.24. The molecule has 0 aliphatic carbocycles. The summed E-state index contributed by atoms with van der Waals surface area (Å²) in [7, 11) is 2.22. The topological polar surface area (TPSA) is 3.24 Å². The molecule has 10 heavy (non-hydrogen) atoms. The molecule has 1 nitrogen and oxygen atoms in total. The largest absolute Gasteiger partial charge is 0.306 e. The highest BCUT2D eigenvalue weighted by Crippen LogP contribution is 2.17. The van der Waals surface area contributed by atoms with Crippen LogP contribution in [-0.4, -0.2) is 25.0 Å². The number of rotatable bonds is 1. The molecule has 1 aliphatic heterocycles. The van der Waals surface area contributed by atoms with E-state index in [0.717, 1.165) is 5.92 Å². The fraction of sp³-hybridized carbons (Fsp3) is 1.00. The average molecular weight is 161 g/mol. The average Bonchev–Trinajstić information content (AvgIpc) is 1.88. The minimum Gasteiger partial charge on any atom is -0.306 e. The van der Waals surface area contributed by atoms with E-state index < -0.39 is 0 Å². The highest BCUT2D eigenvalue weighted by Gasteiger charge is 2.14. The summed E-state index contributed by atoms with van der Waals surface area (Å²) in [5.41, 5.74) is 0. The predicted octanol–water partition coefficient (Wildman–Crippen LogP) is 1.85. The smallest absolute Gasteiger partial charge is 0.000651 e. The van der Waals surface area contributed by atoms with Crippen LogP contribution in [0.15, 0.2) is 0 Å². The molecule has 0 amide bonds. The lowest BCUT2D eigenvalue weighted by Crippen LogP contribution is -2.31. The molecule has 0 unspecified atom stereocenters. The van der Waals surface area contributed by atoms with E-state index in [9.17, 15) is 0 Å². The molecular formula is C8H19NS. The van der Waals surface area contributed by atoms with Crippen LogP contribution >= 0.6 is 13.5 Å². The fourth-order valence-electron chi connectivity index (χ4n) is 1.61. The van der Waals surface area contributed by atoms with Crippen LogP contribution in [0.1, 0.15) is 26.2 Å². The highest BCUT2D eigenvalue weighted by atomic mass is 32.1. The van der Waals surface area contributed by atoms with E-state index in [0.29, 0.717) is 0 Å². The van der Waals surface area contributed by atoms with Crippen LogP contribution in [0.4, 0.5) is 0 Å². The third kappa shape index (κ3) is 2.93. The van der Waals surface area contributed by atoms with Crippen LogP contribution in [0.3, 0.4) is 0 Å². The van der Waals surface area contributed by atoms with Crippen molar-refractivity contribution in [3.05, 3.63) is 0 Å².